The molecule has 0 aliphatic rings. The van der Waals surface area contributed by atoms with Crippen LogP contribution < -0.4 is 10.1 Å². The van der Waals surface area contributed by atoms with Gasteiger partial charge in [0.15, 0.2) is 0 Å². The topological polar surface area (TPSA) is 30.5 Å². The average molecular weight is 301 g/mol. The Bertz CT molecular complexity index is 378. The van der Waals surface area contributed by atoms with Crippen LogP contribution in [-0.2, 0) is 11.3 Å². The summed E-state index contributed by atoms with van der Waals surface area (Å²) in [6.07, 6.45) is 2.26. The lowest BCUT2D eigenvalue weighted by Gasteiger charge is -2.18. The van der Waals surface area contributed by atoms with Crippen LogP contribution in [0.2, 0.25) is 0 Å². The molecule has 0 saturated heterocycles. The number of alkyl halides is 1. The van der Waals surface area contributed by atoms with Gasteiger partial charge in [-0.2, -0.15) is 4.39 Å². The van der Waals surface area contributed by atoms with Gasteiger partial charge in [0.05, 0.1) is 12.7 Å². The van der Waals surface area contributed by atoms with Crippen molar-refractivity contribution in [2.45, 2.75) is 45.0 Å². The van der Waals surface area contributed by atoms with Crippen molar-refractivity contribution in [3.63, 3.8) is 0 Å². The number of hydrogen-bond donors (Lipinski definition) is 1. The highest BCUT2D eigenvalue weighted by molar-refractivity contribution is 7.18. The number of rotatable bonds is 9. The van der Waals surface area contributed by atoms with E-state index < -0.39 is 5.60 Å². The van der Waals surface area contributed by atoms with Crippen LogP contribution in [0.15, 0.2) is 24.3 Å². The fourth-order valence-corrected chi connectivity index (χ4v) is 1.94. The van der Waals surface area contributed by atoms with Gasteiger partial charge in [0.1, 0.15) is 5.75 Å². The summed E-state index contributed by atoms with van der Waals surface area (Å²) in [6.45, 7) is 4.99. The Morgan fingerprint density at radius 1 is 1.35 bits per heavy atom. The van der Waals surface area contributed by atoms with E-state index in [-0.39, 0.29) is 6.10 Å². The minimum absolute atomic E-state index is 0.263. The molecule has 1 rings (SSSR count). The molecule has 1 aromatic rings. The zero-order valence-corrected chi connectivity index (χ0v) is 13.6. The van der Waals surface area contributed by atoms with Crippen LogP contribution in [0.25, 0.3) is 0 Å². The van der Waals surface area contributed by atoms with Crippen molar-refractivity contribution in [1.29, 1.82) is 0 Å². The fraction of sp³-hybridized carbons (Fsp3) is 0.600. The molecule has 0 saturated carbocycles. The molecule has 5 heteroatoms. The van der Waals surface area contributed by atoms with Crippen LogP contribution in [0.3, 0.4) is 0 Å². The first kappa shape index (κ1) is 17.4. The molecule has 3 nitrogen and oxygen atoms in total. The summed E-state index contributed by atoms with van der Waals surface area (Å²) >= 11 is 0. The van der Waals surface area contributed by atoms with E-state index >= 15 is 0 Å². The zero-order valence-electron chi connectivity index (χ0n) is 12.5. The molecule has 3 unspecified atom stereocenters. The van der Waals surface area contributed by atoms with Crippen molar-refractivity contribution >= 4 is 9.24 Å². The molecule has 0 fully saturated rings. The molecule has 0 aromatic heterocycles. The van der Waals surface area contributed by atoms with Crippen LogP contribution >= 0.6 is 9.24 Å². The van der Waals surface area contributed by atoms with Gasteiger partial charge in [0, 0.05) is 6.92 Å². The summed E-state index contributed by atoms with van der Waals surface area (Å²) in [4.78, 5) is 0. The van der Waals surface area contributed by atoms with Gasteiger partial charge >= 0.3 is 0 Å². The Balaban J connectivity index is 2.44. The normalized spacial score (nSPS) is 15.7. The Kier molecular flexibility index (Phi) is 7.42. The van der Waals surface area contributed by atoms with E-state index in [4.69, 9.17) is 9.47 Å². The first-order valence-electron chi connectivity index (χ1n) is 6.96. The lowest BCUT2D eigenvalue weighted by molar-refractivity contribution is 0.0329. The molecule has 20 heavy (non-hydrogen) atoms. The van der Waals surface area contributed by atoms with Gasteiger partial charge in [-0.3, -0.25) is 0 Å². The van der Waals surface area contributed by atoms with Crippen LogP contribution in [0.5, 0.6) is 5.75 Å². The lowest BCUT2D eigenvalue weighted by Crippen LogP contribution is -2.19. The van der Waals surface area contributed by atoms with Gasteiger partial charge in [-0.1, -0.05) is 28.3 Å². The van der Waals surface area contributed by atoms with Gasteiger partial charge in [-0.25, -0.2) is 0 Å². The number of benzene rings is 1. The third kappa shape index (κ3) is 7.18. The highest BCUT2D eigenvalue weighted by atomic mass is 31.0. The second kappa shape index (κ2) is 8.56. The van der Waals surface area contributed by atoms with Crippen molar-refractivity contribution in [3.8, 4) is 5.75 Å². The van der Waals surface area contributed by atoms with Crippen LogP contribution in [-0.4, -0.2) is 25.3 Å². The van der Waals surface area contributed by atoms with Gasteiger partial charge in [0.2, 0.25) is 0 Å². The Morgan fingerprint density at radius 2 is 2.00 bits per heavy atom. The molecule has 0 radical (unpaired) electrons. The molecule has 0 bridgehead atoms. The van der Waals surface area contributed by atoms with Crippen LogP contribution in [0.4, 0.5) is 4.39 Å². The van der Waals surface area contributed by atoms with Crippen molar-refractivity contribution in [2.75, 3.05) is 13.6 Å². The predicted molar refractivity (Wildman–Crippen MR) is 83.7 cm³/mol. The summed E-state index contributed by atoms with van der Waals surface area (Å²) in [5.41, 5.74) is -0.678. The molecule has 3 atom stereocenters. The fourth-order valence-electron chi connectivity index (χ4n) is 1.81. The third-order valence-corrected chi connectivity index (χ3v) is 3.02. The van der Waals surface area contributed by atoms with Crippen LogP contribution in [0, 0.1) is 0 Å². The molecule has 1 aromatic carbocycles. The Labute approximate surface area is 123 Å². The van der Waals surface area contributed by atoms with Gasteiger partial charge < -0.3 is 14.8 Å². The summed E-state index contributed by atoms with van der Waals surface area (Å²) in [5, 5.41) is 3.13. The number of halogens is 1. The monoisotopic (exact) mass is 301 g/mol. The third-order valence-electron chi connectivity index (χ3n) is 2.90. The van der Waals surface area contributed by atoms with Crippen molar-refractivity contribution in [2.24, 2.45) is 0 Å². The van der Waals surface area contributed by atoms with E-state index in [1.807, 2.05) is 28.4 Å². The molecule has 0 aliphatic carbocycles. The second-order valence-electron chi connectivity index (χ2n) is 4.97. The standard InChI is InChI=1S/C15H25FNO2P/c1-4-13(9-10-17-3)18-11-12-5-7-14(8-6-12)19-15(2,16)20/h5-8,13,17H,4,9-11,20H2,1-3H3. The maximum Gasteiger partial charge on any atom is 0.256 e. The molecular formula is C15H25FNO2P. The first-order valence-corrected chi connectivity index (χ1v) is 7.54. The number of nitrogens with one attached hydrogen (secondary N) is 1. The molecule has 0 spiro atoms. The smallest absolute Gasteiger partial charge is 0.256 e. The maximum atomic E-state index is 13.3. The van der Waals surface area contributed by atoms with Crippen molar-refractivity contribution in [3.05, 3.63) is 29.8 Å². The van der Waals surface area contributed by atoms with E-state index in [9.17, 15) is 4.39 Å². The van der Waals surface area contributed by atoms with Crippen LogP contribution in [0.1, 0.15) is 32.3 Å². The second-order valence-corrected chi connectivity index (χ2v) is 6.00. The highest BCUT2D eigenvalue weighted by Crippen LogP contribution is 2.25. The average Bonchev–Trinajstić information content (AvgIpc) is 2.39. The van der Waals surface area contributed by atoms with E-state index in [0.717, 1.165) is 24.9 Å². The van der Waals surface area contributed by atoms with E-state index in [2.05, 4.69) is 12.2 Å². The Morgan fingerprint density at radius 3 is 2.50 bits per heavy atom. The Hall–Kier alpha value is -0.700. The molecular weight excluding hydrogens is 276 g/mol. The van der Waals surface area contributed by atoms with E-state index in [1.165, 1.54) is 6.92 Å². The minimum atomic E-state index is -1.74. The van der Waals surface area contributed by atoms with Crippen molar-refractivity contribution < 1.29 is 13.9 Å². The van der Waals surface area contributed by atoms with Gasteiger partial charge in [-0.05, 0) is 44.1 Å². The van der Waals surface area contributed by atoms with Gasteiger partial charge in [0.25, 0.3) is 5.60 Å². The summed E-state index contributed by atoms with van der Waals surface area (Å²) in [7, 11) is 3.95. The lowest BCUT2D eigenvalue weighted by atomic mass is 10.2. The van der Waals surface area contributed by atoms with Gasteiger partial charge in [-0.15, -0.1) is 0 Å². The number of ether oxygens (including phenoxy) is 2. The quantitative estimate of drug-likeness (QED) is 0.708. The van der Waals surface area contributed by atoms with E-state index in [1.54, 1.807) is 12.1 Å². The summed E-state index contributed by atoms with van der Waals surface area (Å²) < 4.78 is 24.3. The molecule has 0 amide bonds. The van der Waals surface area contributed by atoms with Crippen molar-refractivity contribution in [1.82, 2.24) is 5.32 Å². The maximum absolute atomic E-state index is 13.3. The minimum Gasteiger partial charge on any atom is -0.455 e. The summed E-state index contributed by atoms with van der Waals surface area (Å²) in [6, 6.07) is 7.32. The molecule has 1 N–H and O–H groups in total. The van der Waals surface area contributed by atoms with E-state index in [0.29, 0.717) is 12.4 Å². The number of hydrogen-bond acceptors (Lipinski definition) is 3. The largest absolute Gasteiger partial charge is 0.455 e. The molecule has 114 valence electrons. The highest BCUT2D eigenvalue weighted by Gasteiger charge is 2.16. The zero-order chi connectivity index (χ0) is 15.0. The molecule has 0 heterocycles. The molecule has 0 aliphatic heterocycles. The first-order chi connectivity index (χ1) is 9.44. The SMILES string of the molecule is CCC(CCNC)OCc1ccc(OC(C)(F)P)cc1. The summed E-state index contributed by atoms with van der Waals surface area (Å²) in [5.74, 6) is 0.510. The predicted octanol–water partition coefficient (Wildman–Crippen LogP) is 3.49.